The van der Waals surface area contributed by atoms with E-state index in [1.54, 1.807) is 29.2 Å². The maximum atomic E-state index is 13.0. The van der Waals surface area contributed by atoms with Crippen LogP contribution in [-0.2, 0) is 26.7 Å². The van der Waals surface area contributed by atoms with E-state index in [4.69, 9.17) is 0 Å². The molecule has 0 saturated carbocycles. The van der Waals surface area contributed by atoms with Crippen molar-refractivity contribution >= 4 is 15.9 Å². The van der Waals surface area contributed by atoms with Gasteiger partial charge in [0.25, 0.3) is 0 Å². The van der Waals surface area contributed by atoms with Gasteiger partial charge in [0, 0.05) is 26.2 Å². The summed E-state index contributed by atoms with van der Waals surface area (Å²) in [6.45, 7) is 7.46. The van der Waals surface area contributed by atoms with Crippen LogP contribution in [0.25, 0.3) is 0 Å². The van der Waals surface area contributed by atoms with E-state index in [1.807, 2.05) is 12.1 Å². The van der Waals surface area contributed by atoms with Gasteiger partial charge in [-0.3, -0.25) is 4.79 Å². The number of halogens is 1. The topological polar surface area (TPSA) is 57.7 Å². The Morgan fingerprint density at radius 1 is 0.931 bits per heavy atom. The Hall–Kier alpha value is -2.25. The smallest absolute Gasteiger partial charge is 0.243 e. The quantitative estimate of drug-likeness (QED) is 0.766. The summed E-state index contributed by atoms with van der Waals surface area (Å²) >= 11 is 0. The van der Waals surface area contributed by atoms with E-state index in [0.717, 1.165) is 11.1 Å². The van der Waals surface area contributed by atoms with Crippen LogP contribution >= 0.6 is 0 Å². The van der Waals surface area contributed by atoms with Crippen LogP contribution < -0.4 is 0 Å². The first kappa shape index (κ1) is 21.5. The van der Waals surface area contributed by atoms with Gasteiger partial charge in [-0.15, -0.1) is 0 Å². The third-order valence-electron chi connectivity index (χ3n) is 5.22. The van der Waals surface area contributed by atoms with Gasteiger partial charge in [0.05, 0.1) is 11.3 Å². The van der Waals surface area contributed by atoms with Crippen LogP contribution in [0.2, 0.25) is 0 Å². The molecule has 0 unspecified atom stereocenters. The molecule has 5 nitrogen and oxygen atoms in total. The molecule has 0 aliphatic carbocycles. The van der Waals surface area contributed by atoms with Crippen LogP contribution in [-0.4, -0.2) is 49.7 Å². The average molecular weight is 419 g/mol. The Kier molecular flexibility index (Phi) is 6.10. The summed E-state index contributed by atoms with van der Waals surface area (Å²) in [5, 5.41) is 0. The highest BCUT2D eigenvalue weighted by atomic mass is 32.2. The van der Waals surface area contributed by atoms with E-state index in [0.29, 0.717) is 13.1 Å². The van der Waals surface area contributed by atoms with Gasteiger partial charge in [0.1, 0.15) is 5.82 Å². The van der Waals surface area contributed by atoms with Gasteiger partial charge < -0.3 is 4.90 Å². The molecule has 1 aliphatic rings. The Bertz CT molecular complexity index is 957. The second kappa shape index (κ2) is 8.24. The van der Waals surface area contributed by atoms with Crippen LogP contribution in [0, 0.1) is 5.82 Å². The van der Waals surface area contributed by atoms with Crippen LogP contribution in [0.5, 0.6) is 0 Å². The Labute approximate surface area is 172 Å². The highest BCUT2D eigenvalue weighted by Gasteiger charge is 2.30. The molecule has 0 radical (unpaired) electrons. The Morgan fingerprint density at radius 2 is 1.48 bits per heavy atom. The lowest BCUT2D eigenvalue weighted by Gasteiger charge is -2.34. The fourth-order valence-corrected chi connectivity index (χ4v) is 4.76. The number of rotatable bonds is 4. The maximum absolute atomic E-state index is 13.0. The van der Waals surface area contributed by atoms with E-state index in [1.165, 1.54) is 16.4 Å². The zero-order chi connectivity index (χ0) is 21.2. The molecule has 1 saturated heterocycles. The van der Waals surface area contributed by atoms with E-state index in [9.17, 15) is 17.6 Å². The van der Waals surface area contributed by atoms with Crippen LogP contribution in [0.4, 0.5) is 4.39 Å². The molecule has 1 amide bonds. The predicted molar refractivity (Wildman–Crippen MR) is 111 cm³/mol. The number of piperazine rings is 1. The van der Waals surface area contributed by atoms with E-state index in [-0.39, 0.29) is 41.5 Å². The fraction of sp³-hybridized carbons (Fsp3) is 0.409. The molecule has 156 valence electrons. The highest BCUT2D eigenvalue weighted by Crippen LogP contribution is 2.25. The first-order valence-electron chi connectivity index (χ1n) is 9.70. The average Bonchev–Trinajstić information content (AvgIpc) is 2.69. The summed E-state index contributed by atoms with van der Waals surface area (Å²) in [6.07, 6.45) is 0.182. The number of hydrogen-bond donors (Lipinski definition) is 0. The normalized spacial score (nSPS) is 16.1. The minimum Gasteiger partial charge on any atom is -0.340 e. The van der Waals surface area contributed by atoms with Gasteiger partial charge in [0.15, 0.2) is 0 Å². The predicted octanol–water partition coefficient (Wildman–Crippen LogP) is 3.20. The molecule has 29 heavy (non-hydrogen) atoms. The molecule has 3 rings (SSSR count). The number of sulfonamides is 1. The van der Waals surface area contributed by atoms with Crippen LogP contribution in [0.3, 0.4) is 0 Å². The van der Waals surface area contributed by atoms with E-state index < -0.39 is 10.0 Å². The largest absolute Gasteiger partial charge is 0.340 e. The number of amides is 1. The molecule has 2 aromatic carbocycles. The van der Waals surface area contributed by atoms with E-state index in [2.05, 4.69) is 20.8 Å². The van der Waals surface area contributed by atoms with Crippen molar-refractivity contribution in [3.8, 4) is 0 Å². The highest BCUT2D eigenvalue weighted by molar-refractivity contribution is 7.89. The standard InChI is InChI=1S/C22H27FN2O3S/c1-22(2,3)18-6-10-20(11-7-18)29(27,28)25-14-12-24(13-15-25)21(26)16-17-4-8-19(23)9-5-17/h4-11H,12-16H2,1-3H3. The van der Waals surface area contributed by atoms with Crippen molar-refractivity contribution in [3.63, 3.8) is 0 Å². The van der Waals surface area contributed by atoms with Gasteiger partial charge in [-0.25, -0.2) is 12.8 Å². The van der Waals surface area contributed by atoms with Crippen molar-refractivity contribution in [3.05, 3.63) is 65.5 Å². The monoisotopic (exact) mass is 418 g/mol. The second-order valence-electron chi connectivity index (χ2n) is 8.36. The molecule has 0 atom stereocenters. The molecular weight excluding hydrogens is 391 g/mol. The molecular formula is C22H27FN2O3S. The third kappa shape index (κ3) is 5.03. The lowest BCUT2D eigenvalue weighted by atomic mass is 9.87. The van der Waals surface area contributed by atoms with Gasteiger partial charge in [-0.05, 0) is 40.8 Å². The SMILES string of the molecule is CC(C)(C)c1ccc(S(=O)(=O)N2CCN(C(=O)Cc3ccc(F)cc3)CC2)cc1. The van der Waals surface area contributed by atoms with Crippen LogP contribution in [0.1, 0.15) is 31.9 Å². The molecule has 0 spiro atoms. The number of hydrogen-bond acceptors (Lipinski definition) is 3. The molecule has 7 heteroatoms. The summed E-state index contributed by atoms with van der Waals surface area (Å²) in [6, 6.07) is 12.9. The molecule has 1 fully saturated rings. The molecule has 1 heterocycles. The first-order chi connectivity index (χ1) is 13.6. The van der Waals surface area contributed by atoms with Gasteiger partial charge in [-0.1, -0.05) is 45.0 Å². The van der Waals surface area contributed by atoms with Crippen LogP contribution in [0.15, 0.2) is 53.4 Å². The molecule has 0 N–H and O–H groups in total. The first-order valence-corrected chi connectivity index (χ1v) is 11.1. The van der Waals surface area contributed by atoms with Gasteiger partial charge in [0.2, 0.25) is 15.9 Å². The lowest BCUT2D eigenvalue weighted by molar-refractivity contribution is -0.131. The van der Waals surface area contributed by atoms with Crippen molar-refractivity contribution in [2.24, 2.45) is 0 Å². The van der Waals surface area contributed by atoms with E-state index >= 15 is 0 Å². The van der Waals surface area contributed by atoms with Gasteiger partial charge >= 0.3 is 0 Å². The second-order valence-corrected chi connectivity index (χ2v) is 10.3. The number of carbonyl (C=O) groups excluding carboxylic acids is 1. The molecule has 2 aromatic rings. The molecule has 0 bridgehead atoms. The summed E-state index contributed by atoms with van der Waals surface area (Å²) in [5.74, 6) is -0.418. The molecule has 1 aliphatic heterocycles. The Balaban J connectivity index is 1.61. The summed E-state index contributed by atoms with van der Waals surface area (Å²) in [4.78, 5) is 14.4. The molecule has 0 aromatic heterocycles. The minimum atomic E-state index is -3.58. The van der Waals surface area contributed by atoms with Crippen molar-refractivity contribution in [1.29, 1.82) is 0 Å². The number of benzene rings is 2. The number of carbonyl (C=O) groups is 1. The van der Waals surface area contributed by atoms with Crippen molar-refractivity contribution in [1.82, 2.24) is 9.21 Å². The van der Waals surface area contributed by atoms with Crippen molar-refractivity contribution < 1.29 is 17.6 Å². The minimum absolute atomic E-state index is 0.0429. The Morgan fingerprint density at radius 3 is 2.00 bits per heavy atom. The van der Waals surface area contributed by atoms with Crippen molar-refractivity contribution in [2.45, 2.75) is 37.5 Å². The fourth-order valence-electron chi connectivity index (χ4n) is 3.34. The third-order valence-corrected chi connectivity index (χ3v) is 7.13. The number of nitrogens with zero attached hydrogens (tertiary/aromatic N) is 2. The van der Waals surface area contributed by atoms with Crippen molar-refractivity contribution in [2.75, 3.05) is 26.2 Å². The zero-order valence-corrected chi connectivity index (χ0v) is 17.9. The summed E-state index contributed by atoms with van der Waals surface area (Å²) < 4.78 is 40.3. The van der Waals surface area contributed by atoms with Gasteiger partial charge in [-0.2, -0.15) is 4.31 Å². The summed E-state index contributed by atoms with van der Waals surface area (Å²) in [5.41, 5.74) is 1.77. The summed E-state index contributed by atoms with van der Waals surface area (Å²) in [7, 11) is -3.58. The lowest BCUT2D eigenvalue weighted by Crippen LogP contribution is -2.50. The zero-order valence-electron chi connectivity index (χ0n) is 17.1. The maximum Gasteiger partial charge on any atom is 0.243 e.